The van der Waals surface area contributed by atoms with Crippen LogP contribution in [0.3, 0.4) is 0 Å². The van der Waals surface area contributed by atoms with Gasteiger partial charge in [-0.2, -0.15) is 13.2 Å². The SMILES string of the molecule is Nn1c(SCC(=O)NNC(=O)c2cccc([N+](=O)[O-])c2)nnc1C(F)(F)F. The number of nitrogen functional groups attached to an aromatic ring is 1. The minimum Gasteiger partial charge on any atom is -0.335 e. The van der Waals surface area contributed by atoms with Crippen molar-refractivity contribution in [3.05, 3.63) is 45.8 Å². The van der Waals surface area contributed by atoms with Gasteiger partial charge >= 0.3 is 6.18 Å². The molecule has 1 heterocycles. The molecule has 0 bridgehead atoms. The molecule has 0 radical (unpaired) electrons. The number of alkyl halides is 3. The van der Waals surface area contributed by atoms with E-state index in [1.165, 1.54) is 18.2 Å². The van der Waals surface area contributed by atoms with Crippen LogP contribution in [0, 0.1) is 10.1 Å². The van der Waals surface area contributed by atoms with Crippen LogP contribution in [-0.4, -0.2) is 37.4 Å². The highest BCUT2D eigenvalue weighted by molar-refractivity contribution is 7.99. The fourth-order valence-electron chi connectivity index (χ4n) is 1.69. The Morgan fingerprint density at radius 2 is 2.00 bits per heavy atom. The Labute approximate surface area is 152 Å². The number of non-ortho nitro benzene ring substituents is 1. The van der Waals surface area contributed by atoms with Gasteiger partial charge in [0, 0.05) is 17.7 Å². The molecule has 4 N–H and O–H groups in total. The number of hydrogen-bond acceptors (Lipinski definition) is 8. The molecule has 0 spiro atoms. The van der Waals surface area contributed by atoms with E-state index < -0.39 is 34.5 Å². The summed E-state index contributed by atoms with van der Waals surface area (Å²) in [4.78, 5) is 33.5. The number of benzene rings is 1. The smallest absolute Gasteiger partial charge is 0.335 e. The summed E-state index contributed by atoms with van der Waals surface area (Å²) in [5.74, 6) is 1.75. The number of hydrazine groups is 1. The van der Waals surface area contributed by atoms with E-state index in [2.05, 4.69) is 10.2 Å². The first-order valence-electron chi connectivity index (χ1n) is 6.83. The first kappa shape index (κ1) is 20.0. The number of nitro benzene ring substituents is 1. The second-order valence-corrected chi connectivity index (χ2v) is 5.71. The molecule has 0 unspecified atom stereocenters. The highest BCUT2D eigenvalue weighted by Gasteiger charge is 2.38. The normalized spacial score (nSPS) is 11.1. The number of nitrogens with two attached hydrogens (primary N) is 1. The monoisotopic (exact) mass is 405 g/mol. The maximum atomic E-state index is 12.5. The van der Waals surface area contributed by atoms with E-state index in [1.54, 1.807) is 0 Å². The van der Waals surface area contributed by atoms with E-state index in [0.717, 1.165) is 6.07 Å². The van der Waals surface area contributed by atoms with Crippen LogP contribution in [0.2, 0.25) is 0 Å². The maximum Gasteiger partial charge on any atom is 0.453 e. The number of nitro groups is 1. The Morgan fingerprint density at radius 3 is 2.59 bits per heavy atom. The van der Waals surface area contributed by atoms with Gasteiger partial charge < -0.3 is 5.84 Å². The summed E-state index contributed by atoms with van der Waals surface area (Å²) in [6, 6.07) is 4.77. The Morgan fingerprint density at radius 1 is 1.30 bits per heavy atom. The molecule has 0 aliphatic carbocycles. The number of nitrogens with one attached hydrogen (secondary N) is 2. The van der Waals surface area contributed by atoms with Gasteiger partial charge in [0.05, 0.1) is 10.7 Å². The molecular formula is C12H10F3N7O4S. The van der Waals surface area contributed by atoms with Crippen molar-refractivity contribution in [3.63, 3.8) is 0 Å². The summed E-state index contributed by atoms with van der Waals surface area (Å²) in [5, 5.41) is 16.4. The summed E-state index contributed by atoms with van der Waals surface area (Å²) >= 11 is 0.558. The predicted octanol–water partition coefficient (Wildman–Crippen LogP) is 0.472. The van der Waals surface area contributed by atoms with Crippen LogP contribution in [0.25, 0.3) is 0 Å². The average molecular weight is 405 g/mol. The number of nitrogens with zero attached hydrogens (tertiary/aromatic N) is 4. The van der Waals surface area contributed by atoms with Crippen molar-refractivity contribution < 1.29 is 27.7 Å². The van der Waals surface area contributed by atoms with Gasteiger partial charge in [0.2, 0.25) is 11.1 Å². The first-order chi connectivity index (χ1) is 12.6. The number of thioether (sulfide) groups is 1. The second kappa shape index (κ2) is 7.90. The molecule has 1 aromatic carbocycles. The zero-order valence-electron chi connectivity index (χ0n) is 13.1. The standard InChI is InChI=1S/C12H10F3N7O4S/c13-12(14,15)10-19-20-11(21(10)16)27-5-8(23)17-18-9(24)6-2-1-3-7(4-6)22(25)26/h1-4H,5,16H2,(H,17,23)(H,18,24). The number of halogens is 3. The quantitative estimate of drug-likeness (QED) is 0.280. The van der Waals surface area contributed by atoms with Crippen LogP contribution in [0.15, 0.2) is 29.4 Å². The minimum absolute atomic E-state index is 0.0753. The Kier molecular flexibility index (Phi) is 5.84. The van der Waals surface area contributed by atoms with Crippen molar-refractivity contribution in [2.24, 2.45) is 0 Å². The molecule has 0 saturated carbocycles. The molecule has 0 aliphatic heterocycles. The second-order valence-electron chi connectivity index (χ2n) is 4.77. The van der Waals surface area contributed by atoms with Crippen molar-refractivity contribution in [1.29, 1.82) is 0 Å². The number of carbonyl (C=O) groups is 2. The lowest BCUT2D eigenvalue weighted by Gasteiger charge is -2.08. The van der Waals surface area contributed by atoms with Gasteiger partial charge in [0.15, 0.2) is 0 Å². The van der Waals surface area contributed by atoms with Gasteiger partial charge in [-0.15, -0.1) is 10.2 Å². The third kappa shape index (κ3) is 5.06. The number of rotatable bonds is 5. The molecule has 11 nitrogen and oxygen atoms in total. The van der Waals surface area contributed by atoms with Gasteiger partial charge in [0.1, 0.15) is 0 Å². The Hall–Kier alpha value is -3.36. The summed E-state index contributed by atoms with van der Waals surface area (Å²) < 4.78 is 37.8. The van der Waals surface area contributed by atoms with Gasteiger partial charge in [0.25, 0.3) is 17.4 Å². The van der Waals surface area contributed by atoms with E-state index >= 15 is 0 Å². The third-order valence-electron chi connectivity index (χ3n) is 2.89. The van der Waals surface area contributed by atoms with Crippen molar-refractivity contribution in [2.45, 2.75) is 11.3 Å². The summed E-state index contributed by atoms with van der Waals surface area (Å²) in [6.45, 7) is 0. The number of amides is 2. The lowest BCUT2D eigenvalue weighted by molar-refractivity contribution is -0.384. The predicted molar refractivity (Wildman–Crippen MR) is 84.6 cm³/mol. The fourth-order valence-corrected chi connectivity index (χ4v) is 2.35. The van der Waals surface area contributed by atoms with Crippen LogP contribution < -0.4 is 16.7 Å². The number of hydrogen-bond donors (Lipinski definition) is 3. The lowest BCUT2D eigenvalue weighted by Crippen LogP contribution is -2.42. The zero-order chi connectivity index (χ0) is 20.2. The van der Waals surface area contributed by atoms with Gasteiger partial charge in [-0.3, -0.25) is 30.6 Å². The van der Waals surface area contributed by atoms with E-state index in [0.29, 0.717) is 11.8 Å². The lowest BCUT2D eigenvalue weighted by atomic mass is 10.2. The first-order valence-corrected chi connectivity index (χ1v) is 7.82. The molecule has 15 heteroatoms. The topological polar surface area (TPSA) is 158 Å². The Bertz CT molecular complexity index is 886. The van der Waals surface area contributed by atoms with Crippen molar-refractivity contribution in [1.82, 2.24) is 25.7 Å². The molecular weight excluding hydrogens is 395 g/mol. The molecule has 0 fully saturated rings. The molecule has 0 atom stereocenters. The molecule has 1 aromatic heterocycles. The van der Waals surface area contributed by atoms with Crippen molar-refractivity contribution in [2.75, 3.05) is 11.6 Å². The van der Waals surface area contributed by atoms with Gasteiger partial charge in [-0.1, -0.05) is 17.8 Å². The zero-order valence-corrected chi connectivity index (χ0v) is 13.9. The molecule has 0 saturated heterocycles. The highest BCUT2D eigenvalue weighted by atomic mass is 32.2. The number of aromatic nitrogens is 3. The largest absolute Gasteiger partial charge is 0.453 e. The van der Waals surface area contributed by atoms with E-state index in [-0.39, 0.29) is 21.1 Å². The van der Waals surface area contributed by atoms with Gasteiger partial charge in [-0.25, -0.2) is 4.68 Å². The van der Waals surface area contributed by atoms with Crippen LogP contribution in [0.4, 0.5) is 18.9 Å². The third-order valence-corrected chi connectivity index (χ3v) is 3.83. The molecule has 2 aromatic rings. The van der Waals surface area contributed by atoms with Crippen molar-refractivity contribution in [3.8, 4) is 0 Å². The molecule has 2 rings (SSSR count). The maximum absolute atomic E-state index is 12.5. The van der Waals surface area contributed by atoms with Crippen LogP contribution in [-0.2, 0) is 11.0 Å². The highest BCUT2D eigenvalue weighted by Crippen LogP contribution is 2.28. The molecule has 144 valence electrons. The average Bonchev–Trinajstić information content (AvgIpc) is 2.98. The summed E-state index contributed by atoms with van der Waals surface area (Å²) in [6.07, 6.45) is -4.80. The molecule has 0 aliphatic rings. The summed E-state index contributed by atoms with van der Waals surface area (Å²) in [5.41, 5.74) is 3.64. The molecule has 2 amide bonds. The molecule has 27 heavy (non-hydrogen) atoms. The van der Waals surface area contributed by atoms with Crippen LogP contribution >= 0.6 is 11.8 Å². The van der Waals surface area contributed by atoms with Crippen LogP contribution in [0.5, 0.6) is 0 Å². The van der Waals surface area contributed by atoms with E-state index in [1.807, 2.05) is 10.9 Å². The van der Waals surface area contributed by atoms with Gasteiger partial charge in [-0.05, 0) is 6.07 Å². The van der Waals surface area contributed by atoms with Crippen LogP contribution in [0.1, 0.15) is 16.2 Å². The fraction of sp³-hybridized carbons (Fsp3) is 0.167. The Balaban J connectivity index is 1.88. The van der Waals surface area contributed by atoms with E-state index in [9.17, 15) is 32.9 Å². The van der Waals surface area contributed by atoms with E-state index in [4.69, 9.17) is 5.84 Å². The van der Waals surface area contributed by atoms with Crippen molar-refractivity contribution >= 4 is 29.3 Å². The minimum atomic E-state index is -4.80. The summed E-state index contributed by atoms with van der Waals surface area (Å²) in [7, 11) is 0. The number of carbonyl (C=O) groups excluding carboxylic acids is 2.